The second-order valence-electron chi connectivity index (χ2n) is 7.23. The molecule has 0 aromatic heterocycles. The Morgan fingerprint density at radius 3 is 2.65 bits per heavy atom. The number of ether oxygens (including phenoxy) is 1. The monoisotopic (exact) mass is 356 g/mol. The quantitative estimate of drug-likeness (QED) is 0.855. The molecular formula is C19H24N4O3. The molecule has 7 heteroatoms. The maximum atomic E-state index is 13.0. The summed E-state index contributed by atoms with van der Waals surface area (Å²) in [5.41, 5.74) is 3.32. The summed E-state index contributed by atoms with van der Waals surface area (Å²) in [5.74, 6) is -0.0234. The fraction of sp³-hybridized carbons (Fsp3) is 0.474. The summed E-state index contributed by atoms with van der Waals surface area (Å²) in [6.07, 6.45) is 2.12. The van der Waals surface area contributed by atoms with Crippen LogP contribution in [0.15, 0.2) is 35.5 Å². The summed E-state index contributed by atoms with van der Waals surface area (Å²) in [7, 11) is 3.96. The van der Waals surface area contributed by atoms with Gasteiger partial charge in [0.25, 0.3) is 5.91 Å². The van der Waals surface area contributed by atoms with E-state index >= 15 is 0 Å². The first-order chi connectivity index (χ1) is 12.5. The summed E-state index contributed by atoms with van der Waals surface area (Å²) < 4.78 is 5.66. The highest BCUT2D eigenvalue weighted by atomic mass is 16.5. The highest BCUT2D eigenvalue weighted by Crippen LogP contribution is 2.33. The molecular weight excluding hydrogens is 332 g/mol. The van der Waals surface area contributed by atoms with E-state index in [1.807, 2.05) is 43.3 Å². The van der Waals surface area contributed by atoms with Crippen molar-refractivity contribution < 1.29 is 14.3 Å². The first-order valence-electron chi connectivity index (χ1n) is 9.01. The summed E-state index contributed by atoms with van der Waals surface area (Å²) in [4.78, 5) is 28.9. The van der Waals surface area contributed by atoms with Crippen LogP contribution >= 0.6 is 0 Å². The first kappa shape index (κ1) is 16.9. The van der Waals surface area contributed by atoms with Crippen LogP contribution in [0.3, 0.4) is 0 Å². The molecule has 1 saturated heterocycles. The Balaban J connectivity index is 1.58. The fourth-order valence-corrected chi connectivity index (χ4v) is 3.82. The minimum atomic E-state index is -0.419. The predicted octanol–water partition coefficient (Wildman–Crippen LogP) is 1.38. The van der Waals surface area contributed by atoms with Crippen molar-refractivity contribution in [2.45, 2.75) is 25.0 Å². The molecule has 2 unspecified atom stereocenters. The van der Waals surface area contributed by atoms with E-state index in [-0.39, 0.29) is 18.0 Å². The van der Waals surface area contributed by atoms with Gasteiger partial charge in [-0.2, -0.15) is 0 Å². The zero-order valence-corrected chi connectivity index (χ0v) is 15.1. The molecule has 0 saturated carbocycles. The Kier molecular flexibility index (Phi) is 4.32. The van der Waals surface area contributed by atoms with Crippen LogP contribution in [0.2, 0.25) is 0 Å². The predicted molar refractivity (Wildman–Crippen MR) is 97.8 cm³/mol. The van der Waals surface area contributed by atoms with Crippen LogP contribution in [0.25, 0.3) is 0 Å². The van der Waals surface area contributed by atoms with Crippen molar-refractivity contribution in [3.63, 3.8) is 0 Å². The first-order valence-corrected chi connectivity index (χ1v) is 9.01. The van der Waals surface area contributed by atoms with Crippen molar-refractivity contribution in [1.82, 2.24) is 15.5 Å². The van der Waals surface area contributed by atoms with E-state index in [0.29, 0.717) is 24.4 Å². The van der Waals surface area contributed by atoms with E-state index in [2.05, 4.69) is 10.6 Å². The van der Waals surface area contributed by atoms with Gasteiger partial charge in [-0.15, -0.1) is 0 Å². The lowest BCUT2D eigenvalue weighted by Gasteiger charge is -2.26. The molecule has 3 heterocycles. The second kappa shape index (κ2) is 6.64. The Labute approximate surface area is 153 Å². The van der Waals surface area contributed by atoms with Crippen molar-refractivity contribution >= 4 is 17.6 Å². The smallest absolute Gasteiger partial charge is 0.319 e. The minimum Gasteiger partial charge on any atom is -0.378 e. The number of urea groups is 1. The van der Waals surface area contributed by atoms with Gasteiger partial charge in [0.2, 0.25) is 0 Å². The molecule has 0 radical (unpaired) electrons. The number of hydrogen-bond donors (Lipinski definition) is 2. The summed E-state index contributed by atoms with van der Waals surface area (Å²) >= 11 is 0. The van der Waals surface area contributed by atoms with Gasteiger partial charge in [-0.3, -0.25) is 4.79 Å². The van der Waals surface area contributed by atoms with Crippen LogP contribution in [-0.2, 0) is 9.53 Å². The Hall–Kier alpha value is -2.54. The van der Waals surface area contributed by atoms with E-state index in [1.165, 1.54) is 0 Å². The zero-order valence-electron chi connectivity index (χ0n) is 15.1. The molecule has 1 aromatic carbocycles. The van der Waals surface area contributed by atoms with Crippen LogP contribution in [0.1, 0.15) is 24.4 Å². The molecule has 0 bridgehead atoms. The number of carbonyl (C=O) groups excluding carboxylic acids is 2. The highest BCUT2D eigenvalue weighted by Gasteiger charge is 2.41. The van der Waals surface area contributed by atoms with Gasteiger partial charge in [0, 0.05) is 32.9 Å². The van der Waals surface area contributed by atoms with Gasteiger partial charge in [-0.05, 0) is 30.5 Å². The molecule has 3 amide bonds. The molecule has 4 rings (SSSR count). The third-order valence-corrected chi connectivity index (χ3v) is 5.21. The van der Waals surface area contributed by atoms with Gasteiger partial charge in [0.05, 0.1) is 30.0 Å². The Bertz CT molecular complexity index is 751. The van der Waals surface area contributed by atoms with Gasteiger partial charge in [-0.1, -0.05) is 12.1 Å². The molecule has 2 N–H and O–H groups in total. The SMILES string of the molecule is CN(C)c1ccc(C2NC(=O)NC3=C2C(=O)N(CC2CCCO2)C3)cc1. The van der Waals surface area contributed by atoms with Crippen LogP contribution in [0.5, 0.6) is 0 Å². The zero-order chi connectivity index (χ0) is 18.3. The largest absolute Gasteiger partial charge is 0.378 e. The van der Waals surface area contributed by atoms with Crippen LogP contribution in [-0.4, -0.2) is 56.7 Å². The number of hydrogen-bond acceptors (Lipinski definition) is 4. The lowest BCUT2D eigenvalue weighted by molar-refractivity contribution is -0.127. The molecule has 0 aliphatic carbocycles. The minimum absolute atomic E-state index is 0.0234. The number of nitrogens with one attached hydrogen (secondary N) is 2. The third-order valence-electron chi connectivity index (χ3n) is 5.21. The fourth-order valence-electron chi connectivity index (χ4n) is 3.82. The van der Waals surface area contributed by atoms with Gasteiger partial charge < -0.3 is 25.2 Å². The number of anilines is 1. The lowest BCUT2D eigenvalue weighted by atomic mass is 9.96. The number of amides is 3. The average Bonchev–Trinajstić information content (AvgIpc) is 3.23. The Morgan fingerprint density at radius 2 is 2.00 bits per heavy atom. The van der Waals surface area contributed by atoms with E-state index in [0.717, 1.165) is 30.7 Å². The average molecular weight is 356 g/mol. The van der Waals surface area contributed by atoms with Crippen LogP contribution in [0, 0.1) is 0 Å². The standard InChI is InChI=1S/C19H24N4O3/c1-22(2)13-7-5-12(6-8-13)17-16-15(20-19(25)21-17)11-23(18(16)24)10-14-4-3-9-26-14/h5-8,14,17H,3-4,9-11H2,1-2H3,(H2,20,21,25). The van der Waals surface area contributed by atoms with Gasteiger partial charge in [0.1, 0.15) is 0 Å². The van der Waals surface area contributed by atoms with Gasteiger partial charge in [0.15, 0.2) is 0 Å². The molecule has 138 valence electrons. The molecule has 1 aromatic rings. The van der Waals surface area contributed by atoms with Crippen LogP contribution in [0.4, 0.5) is 10.5 Å². The van der Waals surface area contributed by atoms with Crippen molar-refractivity contribution in [1.29, 1.82) is 0 Å². The maximum Gasteiger partial charge on any atom is 0.319 e. The topological polar surface area (TPSA) is 73.9 Å². The lowest BCUT2D eigenvalue weighted by Crippen LogP contribution is -2.44. The molecule has 7 nitrogen and oxygen atoms in total. The van der Waals surface area contributed by atoms with Crippen molar-refractivity contribution in [3.8, 4) is 0 Å². The van der Waals surface area contributed by atoms with E-state index in [9.17, 15) is 9.59 Å². The number of benzene rings is 1. The number of rotatable bonds is 4. The molecule has 0 spiro atoms. The van der Waals surface area contributed by atoms with Crippen molar-refractivity contribution in [2.24, 2.45) is 0 Å². The van der Waals surface area contributed by atoms with Gasteiger partial charge >= 0.3 is 6.03 Å². The number of carbonyl (C=O) groups is 2. The van der Waals surface area contributed by atoms with Crippen molar-refractivity contribution in [2.75, 3.05) is 38.7 Å². The summed E-state index contributed by atoms with van der Waals surface area (Å²) in [6, 6.07) is 7.23. The number of nitrogens with zero attached hydrogens (tertiary/aromatic N) is 2. The third kappa shape index (κ3) is 3.03. The highest BCUT2D eigenvalue weighted by molar-refractivity contribution is 6.01. The Morgan fingerprint density at radius 1 is 1.23 bits per heavy atom. The van der Waals surface area contributed by atoms with Crippen LogP contribution < -0.4 is 15.5 Å². The summed E-state index contributed by atoms with van der Waals surface area (Å²) in [6.45, 7) is 1.78. The van der Waals surface area contributed by atoms with Crippen molar-refractivity contribution in [3.05, 3.63) is 41.1 Å². The second-order valence-corrected chi connectivity index (χ2v) is 7.23. The molecule has 3 aliphatic heterocycles. The van der Waals surface area contributed by atoms with E-state index < -0.39 is 6.04 Å². The van der Waals surface area contributed by atoms with E-state index in [4.69, 9.17) is 4.74 Å². The molecule has 2 atom stereocenters. The summed E-state index contributed by atoms with van der Waals surface area (Å²) in [5, 5.41) is 5.71. The molecule has 1 fully saturated rings. The van der Waals surface area contributed by atoms with E-state index in [1.54, 1.807) is 4.90 Å². The molecule has 26 heavy (non-hydrogen) atoms. The maximum absolute atomic E-state index is 13.0. The van der Waals surface area contributed by atoms with Gasteiger partial charge in [-0.25, -0.2) is 4.79 Å². The molecule has 3 aliphatic rings. The normalized spacial score (nSPS) is 25.2.